The van der Waals surface area contributed by atoms with E-state index < -0.39 is 0 Å². The van der Waals surface area contributed by atoms with E-state index in [-0.39, 0.29) is 5.41 Å². The lowest BCUT2D eigenvalue weighted by molar-refractivity contribution is 0.180. The average Bonchev–Trinajstić information content (AvgIpc) is 2.43. The number of nitrogens with one attached hydrogen (secondary N) is 2. The molecule has 0 bridgehead atoms. The first kappa shape index (κ1) is 15.5. The second-order valence-electron chi connectivity index (χ2n) is 5.09. The predicted octanol–water partition coefficient (Wildman–Crippen LogP) is 3.27. The Bertz CT molecular complexity index is 374. The number of benzene rings is 1. The van der Waals surface area contributed by atoms with Crippen LogP contribution in [0.4, 0.5) is 0 Å². The predicted molar refractivity (Wildman–Crippen MR) is 77.7 cm³/mol. The summed E-state index contributed by atoms with van der Waals surface area (Å²) in [5, 5.41) is 6.66. The van der Waals surface area contributed by atoms with Crippen molar-refractivity contribution in [2.45, 2.75) is 39.0 Å². The van der Waals surface area contributed by atoms with Crippen LogP contribution in [-0.2, 0) is 10.3 Å². The minimum absolute atomic E-state index is 0.215. The number of hydroxylamine groups is 1. The van der Waals surface area contributed by atoms with E-state index in [2.05, 4.69) is 43.2 Å². The number of hydrogen-bond donors (Lipinski definition) is 2. The van der Waals surface area contributed by atoms with Crippen molar-refractivity contribution in [3.63, 3.8) is 0 Å². The summed E-state index contributed by atoms with van der Waals surface area (Å²) in [6.45, 7) is 7.99. The molecule has 0 radical (unpaired) electrons. The molecular formula is C15H24N2O2. The van der Waals surface area contributed by atoms with Crippen molar-refractivity contribution < 1.29 is 9.57 Å². The third-order valence-corrected chi connectivity index (χ3v) is 3.35. The summed E-state index contributed by atoms with van der Waals surface area (Å²) < 4.78 is 5.63. The van der Waals surface area contributed by atoms with Crippen molar-refractivity contribution in [2.24, 2.45) is 0 Å². The Hall–Kier alpha value is -1.55. The van der Waals surface area contributed by atoms with E-state index in [0.29, 0.717) is 13.2 Å². The van der Waals surface area contributed by atoms with Gasteiger partial charge in [-0.2, -0.15) is 5.48 Å². The average molecular weight is 264 g/mol. The Kier molecular flexibility index (Phi) is 6.36. The van der Waals surface area contributed by atoms with Gasteiger partial charge in [-0.25, -0.2) is 0 Å². The summed E-state index contributed by atoms with van der Waals surface area (Å²) in [6, 6.07) is 8.31. The smallest absolute Gasteiger partial charge is 0.193 e. The number of rotatable bonds is 9. The Morgan fingerprint density at radius 1 is 1.26 bits per heavy atom. The van der Waals surface area contributed by atoms with Crippen LogP contribution in [0.15, 0.2) is 24.3 Å². The minimum Gasteiger partial charge on any atom is -0.494 e. The molecule has 0 aliphatic heterocycles. The van der Waals surface area contributed by atoms with E-state index in [0.717, 1.165) is 25.0 Å². The Balaban J connectivity index is 2.34. The van der Waals surface area contributed by atoms with Crippen LogP contribution >= 0.6 is 0 Å². The van der Waals surface area contributed by atoms with Gasteiger partial charge in [-0.1, -0.05) is 32.9 Å². The van der Waals surface area contributed by atoms with Crippen molar-refractivity contribution in [3.05, 3.63) is 29.8 Å². The first-order valence-electron chi connectivity index (χ1n) is 6.71. The minimum atomic E-state index is 0.215. The van der Waals surface area contributed by atoms with Crippen molar-refractivity contribution >= 4 is 6.40 Å². The lowest BCUT2D eigenvalue weighted by Gasteiger charge is -2.23. The van der Waals surface area contributed by atoms with Crippen LogP contribution in [0.5, 0.6) is 5.75 Å². The van der Waals surface area contributed by atoms with E-state index >= 15 is 0 Å². The molecule has 0 heterocycles. The summed E-state index contributed by atoms with van der Waals surface area (Å²) in [5.74, 6) is 0.892. The highest BCUT2D eigenvalue weighted by atomic mass is 16.6. The van der Waals surface area contributed by atoms with Gasteiger partial charge in [0.05, 0.1) is 6.61 Å². The Morgan fingerprint density at radius 2 is 1.95 bits per heavy atom. The molecular weight excluding hydrogens is 240 g/mol. The molecule has 106 valence electrons. The molecule has 0 aliphatic rings. The molecule has 0 amide bonds. The molecule has 4 heteroatoms. The van der Waals surface area contributed by atoms with Crippen molar-refractivity contribution in [2.75, 3.05) is 13.2 Å². The highest BCUT2D eigenvalue weighted by Gasteiger charge is 2.17. The molecule has 1 aromatic rings. The zero-order chi connectivity index (χ0) is 14.1. The largest absolute Gasteiger partial charge is 0.494 e. The van der Waals surface area contributed by atoms with Gasteiger partial charge in [-0.15, -0.1) is 0 Å². The van der Waals surface area contributed by atoms with E-state index in [9.17, 15) is 0 Å². The molecule has 0 aliphatic carbocycles. The molecule has 1 aromatic carbocycles. The lowest BCUT2D eigenvalue weighted by atomic mass is 9.82. The lowest BCUT2D eigenvalue weighted by Crippen LogP contribution is -2.17. The zero-order valence-electron chi connectivity index (χ0n) is 12.0. The first-order valence-corrected chi connectivity index (χ1v) is 6.71. The van der Waals surface area contributed by atoms with Crippen molar-refractivity contribution in [3.8, 4) is 5.75 Å². The van der Waals surface area contributed by atoms with Gasteiger partial charge in [-0.05, 0) is 36.0 Å². The van der Waals surface area contributed by atoms with Gasteiger partial charge in [0.15, 0.2) is 6.40 Å². The van der Waals surface area contributed by atoms with Crippen molar-refractivity contribution in [1.29, 1.82) is 5.41 Å². The van der Waals surface area contributed by atoms with Crippen LogP contribution in [0.2, 0.25) is 0 Å². The molecule has 0 saturated carbocycles. The van der Waals surface area contributed by atoms with E-state index in [1.165, 1.54) is 5.56 Å². The van der Waals surface area contributed by atoms with Gasteiger partial charge in [-0.3, -0.25) is 5.41 Å². The Morgan fingerprint density at radius 3 is 2.53 bits per heavy atom. The summed E-state index contributed by atoms with van der Waals surface area (Å²) >= 11 is 0. The second-order valence-corrected chi connectivity index (χ2v) is 5.09. The summed E-state index contributed by atoms with van der Waals surface area (Å²) in [6.07, 6.45) is 2.82. The van der Waals surface area contributed by atoms with E-state index in [1.807, 2.05) is 12.1 Å². The van der Waals surface area contributed by atoms with Crippen LogP contribution in [0.3, 0.4) is 0 Å². The third-order valence-electron chi connectivity index (χ3n) is 3.35. The first-order chi connectivity index (χ1) is 9.10. The molecule has 0 atom stereocenters. The van der Waals surface area contributed by atoms with Gasteiger partial charge < -0.3 is 9.57 Å². The van der Waals surface area contributed by atoms with E-state index in [1.54, 1.807) is 0 Å². The van der Waals surface area contributed by atoms with Crippen LogP contribution in [-0.4, -0.2) is 19.6 Å². The molecule has 0 saturated heterocycles. The molecule has 2 N–H and O–H groups in total. The normalized spacial score (nSPS) is 11.1. The maximum absolute atomic E-state index is 6.66. The maximum atomic E-state index is 6.66. The van der Waals surface area contributed by atoms with Gasteiger partial charge in [0, 0.05) is 6.54 Å². The highest BCUT2D eigenvalue weighted by molar-refractivity contribution is 5.40. The maximum Gasteiger partial charge on any atom is 0.193 e. The van der Waals surface area contributed by atoms with Gasteiger partial charge in [0.25, 0.3) is 0 Å². The van der Waals surface area contributed by atoms with Gasteiger partial charge in [0.2, 0.25) is 0 Å². The molecule has 1 rings (SSSR count). The molecule has 19 heavy (non-hydrogen) atoms. The molecule has 0 aromatic heterocycles. The molecule has 0 spiro atoms. The summed E-state index contributed by atoms with van der Waals surface area (Å²) in [7, 11) is 0. The second kappa shape index (κ2) is 7.79. The quantitative estimate of drug-likeness (QED) is 0.311. The molecule has 4 nitrogen and oxygen atoms in total. The van der Waals surface area contributed by atoms with Crippen LogP contribution in [0, 0.1) is 5.41 Å². The fourth-order valence-corrected chi connectivity index (χ4v) is 1.64. The van der Waals surface area contributed by atoms with E-state index in [4.69, 9.17) is 10.1 Å². The van der Waals surface area contributed by atoms with Crippen LogP contribution in [0.1, 0.15) is 39.2 Å². The van der Waals surface area contributed by atoms with Crippen LogP contribution in [0.25, 0.3) is 0 Å². The van der Waals surface area contributed by atoms with Crippen LogP contribution < -0.4 is 10.2 Å². The standard InChI is InChI=1S/C15H24N2O2/c1-4-15(2,3)13-6-8-14(9-7-13)18-11-5-10-17-19-12-16/h6-9,12,16-17H,4-5,10-11H2,1-3H3. The highest BCUT2D eigenvalue weighted by Crippen LogP contribution is 2.27. The topological polar surface area (TPSA) is 54.3 Å². The SMILES string of the molecule is CCC(C)(C)c1ccc(OCCCNOC=N)cc1. The molecule has 0 unspecified atom stereocenters. The Labute approximate surface area is 115 Å². The van der Waals surface area contributed by atoms with Gasteiger partial charge in [0.1, 0.15) is 5.75 Å². The molecule has 0 fully saturated rings. The number of hydrogen-bond acceptors (Lipinski definition) is 4. The fraction of sp³-hybridized carbons (Fsp3) is 0.533. The zero-order valence-corrected chi connectivity index (χ0v) is 12.0. The van der Waals surface area contributed by atoms with Gasteiger partial charge >= 0.3 is 0 Å². The summed E-state index contributed by atoms with van der Waals surface area (Å²) in [4.78, 5) is 4.59. The number of ether oxygens (including phenoxy) is 1. The summed E-state index contributed by atoms with van der Waals surface area (Å²) in [5.41, 5.74) is 4.19. The monoisotopic (exact) mass is 264 g/mol. The fourth-order valence-electron chi connectivity index (χ4n) is 1.64. The third kappa shape index (κ3) is 5.30. The van der Waals surface area contributed by atoms with Crippen molar-refractivity contribution in [1.82, 2.24) is 5.48 Å².